The van der Waals surface area contributed by atoms with Crippen molar-refractivity contribution in [2.75, 3.05) is 27.1 Å². The van der Waals surface area contributed by atoms with Gasteiger partial charge in [-0.05, 0) is 30.0 Å². The Morgan fingerprint density at radius 3 is 2.33 bits per heavy atom. The molecule has 0 saturated heterocycles. The van der Waals surface area contributed by atoms with Crippen LogP contribution < -0.4 is 14.2 Å². The van der Waals surface area contributed by atoms with E-state index in [1.807, 2.05) is 24.3 Å². The molecule has 2 unspecified atom stereocenters. The van der Waals surface area contributed by atoms with Crippen molar-refractivity contribution >= 4 is 11.8 Å². The Balaban J connectivity index is 2.27. The summed E-state index contributed by atoms with van der Waals surface area (Å²) >= 11 is 1.73. The summed E-state index contributed by atoms with van der Waals surface area (Å²) in [5.74, 6) is 2.61. The monoisotopic (exact) mass is 431 g/mol. The van der Waals surface area contributed by atoms with Crippen molar-refractivity contribution in [3.8, 4) is 17.2 Å². The first-order chi connectivity index (χ1) is 14.6. The molecule has 2 aromatic carbocycles. The van der Waals surface area contributed by atoms with E-state index in [4.69, 9.17) is 14.2 Å². The van der Waals surface area contributed by atoms with Gasteiger partial charge in [0.2, 0.25) is 5.75 Å². The zero-order valence-corrected chi connectivity index (χ0v) is 19.4. The van der Waals surface area contributed by atoms with E-state index in [0.717, 1.165) is 47.5 Å². The third kappa shape index (κ3) is 4.01. The molecular formula is C24H33NO4S. The first-order valence-electron chi connectivity index (χ1n) is 10.6. The number of rotatable bonds is 8. The van der Waals surface area contributed by atoms with E-state index < -0.39 is 0 Å². The number of methoxy groups -OCH3 is 3. The summed E-state index contributed by atoms with van der Waals surface area (Å²) < 4.78 is 17.1. The van der Waals surface area contributed by atoms with Crippen molar-refractivity contribution in [2.45, 2.75) is 56.0 Å². The van der Waals surface area contributed by atoms with Crippen LogP contribution in [0.2, 0.25) is 0 Å². The molecule has 0 aromatic heterocycles. The van der Waals surface area contributed by atoms with Crippen molar-refractivity contribution in [3.05, 3.63) is 47.5 Å². The van der Waals surface area contributed by atoms with E-state index in [9.17, 15) is 5.21 Å². The number of hydrogen-bond acceptors (Lipinski definition) is 6. The normalized spacial score (nSPS) is 21.6. The van der Waals surface area contributed by atoms with Crippen molar-refractivity contribution in [1.82, 2.24) is 5.06 Å². The van der Waals surface area contributed by atoms with Gasteiger partial charge >= 0.3 is 0 Å². The van der Waals surface area contributed by atoms with Crippen LogP contribution in [0.4, 0.5) is 0 Å². The van der Waals surface area contributed by atoms with Crippen LogP contribution in [0.5, 0.6) is 17.2 Å². The third-order valence-electron chi connectivity index (χ3n) is 6.09. The summed E-state index contributed by atoms with van der Waals surface area (Å²) in [6, 6.07) is 11.8. The van der Waals surface area contributed by atoms with E-state index in [0.29, 0.717) is 17.2 Å². The Bertz CT molecular complexity index is 845. The fourth-order valence-corrected chi connectivity index (χ4v) is 5.81. The van der Waals surface area contributed by atoms with Gasteiger partial charge in [-0.15, -0.1) is 11.8 Å². The van der Waals surface area contributed by atoms with Crippen molar-refractivity contribution < 1.29 is 19.4 Å². The second-order valence-corrected chi connectivity index (χ2v) is 8.68. The number of thioether (sulfide) groups is 1. The summed E-state index contributed by atoms with van der Waals surface area (Å²) in [6.45, 7) is 4.35. The van der Waals surface area contributed by atoms with Gasteiger partial charge in [0.15, 0.2) is 11.5 Å². The standard InChI is InChI=1S/C24H33NO4S/c1-6-8-14-24(7-2)16-30-23-18(15-19(27-3)21(28-4)22(23)29-5)20(25(24)26)17-12-10-9-11-13-17/h9-13,15,20,26H,6-8,14,16H2,1-5H3. The second kappa shape index (κ2) is 9.94. The van der Waals surface area contributed by atoms with Crippen LogP contribution in [-0.4, -0.2) is 42.9 Å². The number of hydroxylamine groups is 2. The lowest BCUT2D eigenvalue weighted by Crippen LogP contribution is -2.49. The highest BCUT2D eigenvalue weighted by molar-refractivity contribution is 7.99. The number of ether oxygens (including phenoxy) is 3. The number of nitrogens with zero attached hydrogens (tertiary/aromatic N) is 1. The van der Waals surface area contributed by atoms with E-state index in [1.54, 1.807) is 38.2 Å². The van der Waals surface area contributed by atoms with Gasteiger partial charge in [0.05, 0.1) is 37.8 Å². The summed E-state index contributed by atoms with van der Waals surface area (Å²) in [4.78, 5) is 0.995. The summed E-state index contributed by atoms with van der Waals surface area (Å²) in [7, 11) is 4.90. The van der Waals surface area contributed by atoms with Crippen molar-refractivity contribution in [3.63, 3.8) is 0 Å². The average molecular weight is 432 g/mol. The van der Waals surface area contributed by atoms with Crippen LogP contribution in [0.1, 0.15) is 56.7 Å². The molecule has 6 heteroatoms. The molecule has 0 radical (unpaired) electrons. The van der Waals surface area contributed by atoms with Crippen LogP contribution in [0.15, 0.2) is 41.3 Å². The zero-order valence-electron chi connectivity index (χ0n) is 18.6. The molecule has 164 valence electrons. The van der Waals surface area contributed by atoms with Crippen LogP contribution >= 0.6 is 11.8 Å². The molecule has 30 heavy (non-hydrogen) atoms. The molecule has 2 atom stereocenters. The number of hydrogen-bond donors (Lipinski definition) is 1. The van der Waals surface area contributed by atoms with Crippen LogP contribution in [-0.2, 0) is 0 Å². The van der Waals surface area contributed by atoms with Gasteiger partial charge in [-0.25, -0.2) is 0 Å². The fraction of sp³-hybridized carbons (Fsp3) is 0.500. The van der Waals surface area contributed by atoms with Gasteiger partial charge < -0.3 is 19.4 Å². The SMILES string of the molecule is CCCCC1(CC)CSc2c(cc(OC)c(OC)c2OC)C(c2ccccc2)N1O. The van der Waals surface area contributed by atoms with E-state index in [-0.39, 0.29) is 11.6 Å². The molecule has 0 bridgehead atoms. The summed E-state index contributed by atoms with van der Waals surface area (Å²) in [6.07, 6.45) is 3.93. The Kier molecular flexibility index (Phi) is 7.55. The first-order valence-corrected chi connectivity index (χ1v) is 11.5. The van der Waals surface area contributed by atoms with Gasteiger partial charge in [0.1, 0.15) is 0 Å². The average Bonchev–Trinajstić information content (AvgIpc) is 2.91. The molecule has 0 spiro atoms. The molecule has 5 nitrogen and oxygen atoms in total. The fourth-order valence-electron chi connectivity index (χ4n) is 4.27. The molecule has 0 fully saturated rings. The number of benzene rings is 2. The van der Waals surface area contributed by atoms with Gasteiger partial charge in [-0.3, -0.25) is 0 Å². The maximum absolute atomic E-state index is 11.7. The molecule has 1 N–H and O–H groups in total. The third-order valence-corrected chi connectivity index (χ3v) is 7.48. The molecule has 2 aromatic rings. The van der Waals surface area contributed by atoms with Gasteiger partial charge in [-0.2, -0.15) is 5.06 Å². The lowest BCUT2D eigenvalue weighted by Gasteiger charge is -2.42. The van der Waals surface area contributed by atoms with E-state index in [2.05, 4.69) is 26.0 Å². The molecule has 3 rings (SSSR count). The Hall–Kier alpha value is -1.89. The van der Waals surface area contributed by atoms with E-state index >= 15 is 0 Å². The van der Waals surface area contributed by atoms with Gasteiger partial charge in [0.25, 0.3) is 0 Å². The maximum atomic E-state index is 11.7. The van der Waals surface area contributed by atoms with E-state index in [1.165, 1.54) is 0 Å². The Morgan fingerprint density at radius 2 is 1.77 bits per heavy atom. The van der Waals surface area contributed by atoms with Crippen molar-refractivity contribution in [1.29, 1.82) is 0 Å². The Labute approximate surface area is 184 Å². The zero-order chi connectivity index (χ0) is 21.7. The maximum Gasteiger partial charge on any atom is 0.204 e. The van der Waals surface area contributed by atoms with Crippen LogP contribution in [0, 0.1) is 0 Å². The quantitative estimate of drug-likeness (QED) is 0.558. The summed E-state index contributed by atoms with van der Waals surface area (Å²) in [5, 5.41) is 13.3. The predicted octanol–water partition coefficient (Wildman–Crippen LogP) is 5.94. The minimum absolute atomic E-state index is 0.332. The lowest BCUT2D eigenvalue weighted by molar-refractivity contribution is -0.193. The smallest absolute Gasteiger partial charge is 0.204 e. The predicted molar refractivity (Wildman–Crippen MR) is 121 cm³/mol. The summed E-state index contributed by atoms with van der Waals surface area (Å²) in [5.41, 5.74) is 1.66. The largest absolute Gasteiger partial charge is 0.493 e. The minimum atomic E-state index is -0.342. The Morgan fingerprint density at radius 1 is 1.07 bits per heavy atom. The molecular weight excluding hydrogens is 398 g/mol. The molecule has 1 aliphatic heterocycles. The minimum Gasteiger partial charge on any atom is -0.493 e. The van der Waals surface area contributed by atoms with Gasteiger partial charge in [0, 0.05) is 5.75 Å². The first kappa shape index (κ1) is 22.8. The van der Waals surface area contributed by atoms with Crippen LogP contribution in [0.25, 0.3) is 0 Å². The lowest BCUT2D eigenvalue weighted by atomic mass is 9.87. The highest BCUT2D eigenvalue weighted by Crippen LogP contribution is 2.54. The van der Waals surface area contributed by atoms with Crippen LogP contribution in [0.3, 0.4) is 0 Å². The van der Waals surface area contributed by atoms with Gasteiger partial charge in [-0.1, -0.05) is 57.0 Å². The highest BCUT2D eigenvalue weighted by atomic mass is 32.2. The second-order valence-electron chi connectivity index (χ2n) is 7.69. The molecule has 1 aliphatic rings. The molecule has 0 aliphatic carbocycles. The topological polar surface area (TPSA) is 51.2 Å². The van der Waals surface area contributed by atoms with Crippen molar-refractivity contribution in [2.24, 2.45) is 0 Å². The highest BCUT2D eigenvalue weighted by Gasteiger charge is 2.44. The molecule has 1 heterocycles. The number of fused-ring (bicyclic) bond motifs is 1. The number of unbranched alkanes of at least 4 members (excludes halogenated alkanes) is 1. The molecule has 0 saturated carbocycles. The molecule has 0 amide bonds.